The lowest BCUT2D eigenvalue weighted by atomic mass is 10.1. The maximum Gasteiger partial charge on any atom is 0.244 e. The average molecular weight is 518 g/mol. The van der Waals surface area contributed by atoms with Gasteiger partial charge in [-0.25, -0.2) is 8.42 Å². The molecule has 0 aliphatic carbocycles. The molecule has 8 nitrogen and oxygen atoms in total. The van der Waals surface area contributed by atoms with E-state index in [9.17, 15) is 18.0 Å². The Morgan fingerprint density at radius 2 is 1.72 bits per heavy atom. The van der Waals surface area contributed by atoms with Crippen molar-refractivity contribution < 1.29 is 22.7 Å². The molecule has 0 aliphatic rings. The molecule has 36 heavy (non-hydrogen) atoms. The maximum atomic E-state index is 13.8. The number of ether oxygens (including phenoxy) is 1. The number of sulfonamides is 1. The number of amides is 2. The van der Waals surface area contributed by atoms with Gasteiger partial charge in [0.1, 0.15) is 18.3 Å². The normalized spacial score (nSPS) is 12.9. The summed E-state index contributed by atoms with van der Waals surface area (Å²) < 4.78 is 32.3. The standard InChI is InChI=1S/C27H39N3O5S/c1-7-21(5)28-27(32)23(8-2)29(18-22-14-12-13-20(4)17-22)26(31)19-30(36(6,33)34)24-15-10-11-16-25(24)35-9-3/h10-17,21,23H,7-9,18-19H2,1-6H3,(H,28,32)/t21-,23+/m0/s1. The molecule has 2 aromatic carbocycles. The molecule has 0 spiro atoms. The van der Waals surface area contributed by atoms with Crippen LogP contribution in [0.3, 0.4) is 0 Å². The van der Waals surface area contributed by atoms with Crippen molar-refractivity contribution >= 4 is 27.5 Å². The number of anilines is 1. The number of rotatable bonds is 13. The molecule has 0 saturated heterocycles. The quantitative estimate of drug-likeness (QED) is 0.435. The van der Waals surface area contributed by atoms with E-state index < -0.39 is 28.5 Å². The first-order valence-electron chi connectivity index (χ1n) is 12.4. The van der Waals surface area contributed by atoms with Crippen molar-refractivity contribution in [3.63, 3.8) is 0 Å². The number of para-hydroxylation sites is 2. The van der Waals surface area contributed by atoms with Crippen molar-refractivity contribution in [1.82, 2.24) is 10.2 Å². The first-order chi connectivity index (χ1) is 17.0. The fourth-order valence-electron chi connectivity index (χ4n) is 3.90. The molecule has 0 heterocycles. The highest BCUT2D eigenvalue weighted by Crippen LogP contribution is 2.30. The van der Waals surface area contributed by atoms with Gasteiger partial charge in [-0.2, -0.15) is 0 Å². The zero-order valence-corrected chi connectivity index (χ0v) is 23.0. The Morgan fingerprint density at radius 3 is 2.31 bits per heavy atom. The first kappa shape index (κ1) is 29.2. The van der Waals surface area contributed by atoms with Gasteiger partial charge in [0.15, 0.2) is 0 Å². The number of carbonyl (C=O) groups is 2. The smallest absolute Gasteiger partial charge is 0.244 e. The summed E-state index contributed by atoms with van der Waals surface area (Å²) in [7, 11) is -3.84. The molecule has 2 atom stereocenters. The van der Waals surface area contributed by atoms with E-state index in [-0.39, 0.29) is 24.2 Å². The summed E-state index contributed by atoms with van der Waals surface area (Å²) in [5.41, 5.74) is 2.17. The van der Waals surface area contributed by atoms with Crippen LogP contribution in [0.1, 0.15) is 51.7 Å². The molecule has 0 fully saturated rings. The van der Waals surface area contributed by atoms with Crippen molar-refractivity contribution in [3.05, 3.63) is 59.7 Å². The summed E-state index contributed by atoms with van der Waals surface area (Å²) in [5.74, 6) is -0.363. The highest BCUT2D eigenvalue weighted by Gasteiger charge is 2.32. The second-order valence-electron chi connectivity index (χ2n) is 8.92. The second-order valence-corrected chi connectivity index (χ2v) is 10.8. The predicted octanol–water partition coefficient (Wildman–Crippen LogP) is 3.88. The predicted molar refractivity (Wildman–Crippen MR) is 144 cm³/mol. The van der Waals surface area contributed by atoms with Crippen molar-refractivity contribution in [1.29, 1.82) is 0 Å². The number of aryl methyl sites for hydroxylation is 1. The molecule has 0 saturated carbocycles. The van der Waals surface area contributed by atoms with E-state index in [2.05, 4.69) is 5.32 Å². The van der Waals surface area contributed by atoms with Gasteiger partial charge in [-0.3, -0.25) is 13.9 Å². The number of nitrogens with one attached hydrogen (secondary N) is 1. The molecule has 0 bridgehead atoms. The molecule has 9 heteroatoms. The Kier molecular flexibility index (Phi) is 10.8. The SMILES string of the molecule is CCOc1ccccc1N(CC(=O)N(Cc1cccc(C)c1)[C@H](CC)C(=O)N[C@@H](C)CC)S(C)(=O)=O. The van der Waals surface area contributed by atoms with Crippen LogP contribution in [0.15, 0.2) is 48.5 Å². The Bertz CT molecular complexity index is 1140. The van der Waals surface area contributed by atoms with Crippen molar-refractivity contribution in [2.75, 3.05) is 23.7 Å². The second kappa shape index (κ2) is 13.3. The van der Waals surface area contributed by atoms with E-state index in [1.165, 1.54) is 4.90 Å². The lowest BCUT2D eigenvalue weighted by Gasteiger charge is -2.33. The van der Waals surface area contributed by atoms with Crippen LogP contribution in [-0.2, 0) is 26.2 Å². The van der Waals surface area contributed by atoms with E-state index in [1.54, 1.807) is 31.2 Å². The fraction of sp³-hybridized carbons (Fsp3) is 0.481. The summed E-state index contributed by atoms with van der Waals surface area (Å²) in [6, 6.07) is 13.6. The van der Waals surface area contributed by atoms with Crippen molar-refractivity contribution in [2.24, 2.45) is 0 Å². The van der Waals surface area contributed by atoms with Gasteiger partial charge in [-0.15, -0.1) is 0 Å². The molecular weight excluding hydrogens is 478 g/mol. The molecule has 0 radical (unpaired) electrons. The van der Waals surface area contributed by atoms with Crippen LogP contribution in [0.4, 0.5) is 5.69 Å². The molecule has 0 aromatic heterocycles. The minimum absolute atomic E-state index is 0.0481. The molecule has 0 unspecified atom stereocenters. The fourth-order valence-corrected chi connectivity index (χ4v) is 4.76. The Labute approximate surface area is 215 Å². The highest BCUT2D eigenvalue weighted by molar-refractivity contribution is 7.92. The topological polar surface area (TPSA) is 96.0 Å². The summed E-state index contributed by atoms with van der Waals surface area (Å²) in [6.07, 6.45) is 2.19. The Hall–Kier alpha value is -3.07. The van der Waals surface area contributed by atoms with Crippen LogP contribution >= 0.6 is 0 Å². The van der Waals surface area contributed by atoms with Gasteiger partial charge in [0, 0.05) is 12.6 Å². The van der Waals surface area contributed by atoms with Crippen LogP contribution in [0.5, 0.6) is 5.75 Å². The van der Waals surface area contributed by atoms with Crippen LogP contribution < -0.4 is 14.4 Å². The van der Waals surface area contributed by atoms with Crippen LogP contribution in [-0.4, -0.2) is 56.6 Å². The monoisotopic (exact) mass is 517 g/mol. The highest BCUT2D eigenvalue weighted by atomic mass is 32.2. The summed E-state index contributed by atoms with van der Waals surface area (Å²) in [5, 5.41) is 2.97. The van der Waals surface area contributed by atoms with Crippen LogP contribution in [0.2, 0.25) is 0 Å². The summed E-state index contributed by atoms with van der Waals surface area (Å²) in [6.45, 7) is 9.55. The summed E-state index contributed by atoms with van der Waals surface area (Å²) in [4.78, 5) is 28.5. The van der Waals surface area contributed by atoms with Crippen LogP contribution in [0, 0.1) is 6.92 Å². The zero-order chi connectivity index (χ0) is 26.9. The van der Waals surface area contributed by atoms with Gasteiger partial charge >= 0.3 is 0 Å². The minimum atomic E-state index is -3.84. The van der Waals surface area contributed by atoms with E-state index in [0.29, 0.717) is 18.8 Å². The van der Waals surface area contributed by atoms with Gasteiger partial charge in [0.2, 0.25) is 21.8 Å². The number of carbonyl (C=O) groups excluding carboxylic acids is 2. The molecule has 2 rings (SSSR count). The molecule has 0 aliphatic heterocycles. The minimum Gasteiger partial charge on any atom is -0.492 e. The third-order valence-corrected chi connectivity index (χ3v) is 7.06. The number of benzene rings is 2. The zero-order valence-electron chi connectivity index (χ0n) is 22.2. The van der Waals surface area contributed by atoms with Gasteiger partial charge in [0.25, 0.3) is 0 Å². The van der Waals surface area contributed by atoms with Crippen molar-refractivity contribution in [3.8, 4) is 5.75 Å². The van der Waals surface area contributed by atoms with E-state index in [0.717, 1.165) is 28.1 Å². The molecule has 1 N–H and O–H groups in total. The molecule has 2 amide bonds. The van der Waals surface area contributed by atoms with Gasteiger partial charge in [-0.1, -0.05) is 55.8 Å². The lowest BCUT2D eigenvalue weighted by molar-refractivity contribution is -0.140. The van der Waals surface area contributed by atoms with Gasteiger partial charge in [0.05, 0.1) is 18.6 Å². The number of hydrogen-bond donors (Lipinski definition) is 1. The Balaban J connectivity index is 2.49. The van der Waals surface area contributed by atoms with E-state index in [1.807, 2.05) is 52.0 Å². The first-order valence-corrected chi connectivity index (χ1v) is 14.2. The third-order valence-electron chi connectivity index (χ3n) is 5.94. The number of nitrogens with zero attached hydrogens (tertiary/aromatic N) is 2. The largest absolute Gasteiger partial charge is 0.492 e. The van der Waals surface area contributed by atoms with E-state index in [4.69, 9.17) is 4.74 Å². The molecule has 198 valence electrons. The van der Waals surface area contributed by atoms with Crippen molar-refractivity contribution in [2.45, 2.75) is 66.1 Å². The van der Waals surface area contributed by atoms with E-state index >= 15 is 0 Å². The lowest BCUT2D eigenvalue weighted by Crippen LogP contribution is -2.53. The maximum absolute atomic E-state index is 13.8. The summed E-state index contributed by atoms with van der Waals surface area (Å²) >= 11 is 0. The van der Waals surface area contributed by atoms with Gasteiger partial charge in [-0.05, 0) is 51.3 Å². The Morgan fingerprint density at radius 1 is 1.03 bits per heavy atom. The molecular formula is C27H39N3O5S. The number of hydrogen-bond acceptors (Lipinski definition) is 5. The third kappa shape index (κ3) is 7.98. The average Bonchev–Trinajstić information content (AvgIpc) is 2.82. The molecule has 2 aromatic rings. The van der Waals surface area contributed by atoms with Gasteiger partial charge < -0.3 is 15.0 Å². The van der Waals surface area contributed by atoms with Crippen LogP contribution in [0.25, 0.3) is 0 Å².